The highest BCUT2D eigenvalue weighted by atomic mass is 16.5. The summed E-state index contributed by atoms with van der Waals surface area (Å²) in [6.45, 7) is 17.2. The van der Waals surface area contributed by atoms with Crippen LogP contribution in [0.15, 0.2) is 6.20 Å². The van der Waals surface area contributed by atoms with Gasteiger partial charge < -0.3 is 10.1 Å². The molecule has 0 aromatic carbocycles. The number of rotatable bonds is 9. The van der Waals surface area contributed by atoms with Crippen LogP contribution in [0.2, 0.25) is 0 Å². The zero-order chi connectivity index (χ0) is 18.5. The molecule has 0 saturated carbocycles. The van der Waals surface area contributed by atoms with E-state index in [1.807, 2.05) is 52.4 Å². The minimum atomic E-state index is -0.556. The molecule has 1 aromatic heterocycles. The van der Waals surface area contributed by atoms with E-state index in [1.54, 1.807) is 0 Å². The first-order valence-corrected chi connectivity index (χ1v) is 8.78. The number of nitrogens with one attached hydrogen (secondary N) is 1. The van der Waals surface area contributed by atoms with Crippen molar-refractivity contribution in [1.82, 2.24) is 20.3 Å². The largest absolute Gasteiger partial charge is 0.374 e. The minimum Gasteiger partial charge on any atom is -0.374 e. The quantitative estimate of drug-likeness (QED) is 0.751. The van der Waals surface area contributed by atoms with Crippen LogP contribution in [0.1, 0.15) is 73.4 Å². The highest BCUT2D eigenvalue weighted by Gasteiger charge is 2.31. The standard InChI is InChI=1S/C18H34N4O2/c1-13(2)15-11-22(21-20-15)10-9-18(7,8)24-12-17(5,6)16(23)19-14(3)4/h11,13-14H,9-10,12H2,1-8H3,(H,19,23). The predicted molar refractivity (Wildman–Crippen MR) is 95.8 cm³/mol. The van der Waals surface area contributed by atoms with Gasteiger partial charge in [-0.1, -0.05) is 19.1 Å². The van der Waals surface area contributed by atoms with Gasteiger partial charge in [0.15, 0.2) is 0 Å². The topological polar surface area (TPSA) is 69.0 Å². The maximum absolute atomic E-state index is 12.2. The fourth-order valence-electron chi connectivity index (χ4n) is 2.04. The SMILES string of the molecule is CC(C)NC(=O)C(C)(C)COC(C)(C)CCn1cc(C(C)C)nn1. The van der Waals surface area contributed by atoms with E-state index in [1.165, 1.54) is 0 Å². The predicted octanol–water partition coefficient (Wildman–Crippen LogP) is 3.14. The molecular formula is C18H34N4O2. The van der Waals surface area contributed by atoms with Gasteiger partial charge in [-0.25, -0.2) is 0 Å². The fourth-order valence-corrected chi connectivity index (χ4v) is 2.04. The molecule has 1 N–H and O–H groups in total. The summed E-state index contributed by atoms with van der Waals surface area (Å²) in [7, 11) is 0. The first-order chi connectivity index (χ1) is 10.9. The molecule has 24 heavy (non-hydrogen) atoms. The van der Waals surface area contributed by atoms with E-state index >= 15 is 0 Å². The van der Waals surface area contributed by atoms with Gasteiger partial charge in [-0.2, -0.15) is 0 Å². The highest BCUT2D eigenvalue weighted by molar-refractivity contribution is 5.82. The Bertz CT molecular complexity index is 533. The van der Waals surface area contributed by atoms with Gasteiger partial charge >= 0.3 is 0 Å². The van der Waals surface area contributed by atoms with E-state index in [-0.39, 0.29) is 17.6 Å². The van der Waals surface area contributed by atoms with Crippen molar-refractivity contribution >= 4 is 5.91 Å². The van der Waals surface area contributed by atoms with Crippen molar-refractivity contribution in [3.63, 3.8) is 0 Å². The van der Waals surface area contributed by atoms with E-state index in [2.05, 4.69) is 29.5 Å². The van der Waals surface area contributed by atoms with Crippen molar-refractivity contribution in [2.45, 2.75) is 85.9 Å². The van der Waals surface area contributed by atoms with Crippen molar-refractivity contribution in [2.75, 3.05) is 6.61 Å². The van der Waals surface area contributed by atoms with Gasteiger partial charge in [0.25, 0.3) is 0 Å². The lowest BCUT2D eigenvalue weighted by Crippen LogP contribution is -2.44. The third-order valence-electron chi connectivity index (χ3n) is 3.95. The van der Waals surface area contributed by atoms with E-state index in [0.717, 1.165) is 18.7 Å². The van der Waals surface area contributed by atoms with Gasteiger partial charge in [0.2, 0.25) is 5.91 Å². The molecule has 0 fully saturated rings. The number of aryl methyl sites for hydroxylation is 1. The molecule has 1 heterocycles. The number of hydrogen-bond acceptors (Lipinski definition) is 4. The number of amides is 1. The Morgan fingerprint density at radius 2 is 1.88 bits per heavy atom. The molecule has 1 amide bonds. The van der Waals surface area contributed by atoms with Gasteiger partial charge in [0, 0.05) is 18.8 Å². The van der Waals surface area contributed by atoms with E-state index < -0.39 is 5.41 Å². The normalized spacial score (nSPS) is 12.9. The summed E-state index contributed by atoms with van der Waals surface area (Å²) in [4.78, 5) is 12.2. The molecule has 0 saturated heterocycles. The van der Waals surface area contributed by atoms with Crippen molar-refractivity contribution in [2.24, 2.45) is 5.41 Å². The first kappa shape index (κ1) is 20.6. The second-order valence-corrected chi connectivity index (χ2v) is 8.37. The van der Waals surface area contributed by atoms with Crippen LogP contribution in [0.25, 0.3) is 0 Å². The van der Waals surface area contributed by atoms with Crippen molar-refractivity contribution in [3.8, 4) is 0 Å². The van der Waals surface area contributed by atoms with Crippen LogP contribution in [0.5, 0.6) is 0 Å². The molecule has 0 radical (unpaired) electrons. The lowest BCUT2D eigenvalue weighted by atomic mass is 9.92. The summed E-state index contributed by atoms with van der Waals surface area (Å²) < 4.78 is 7.91. The van der Waals surface area contributed by atoms with Gasteiger partial charge in [-0.05, 0) is 53.9 Å². The molecule has 0 spiro atoms. The van der Waals surface area contributed by atoms with Crippen LogP contribution in [-0.4, -0.2) is 39.2 Å². The van der Waals surface area contributed by atoms with Crippen molar-refractivity contribution in [1.29, 1.82) is 0 Å². The molecular weight excluding hydrogens is 304 g/mol. The molecule has 1 aromatic rings. The number of hydrogen-bond donors (Lipinski definition) is 1. The summed E-state index contributed by atoms with van der Waals surface area (Å²) in [6, 6.07) is 0.132. The summed E-state index contributed by atoms with van der Waals surface area (Å²) in [5.41, 5.74) is 0.110. The second kappa shape index (κ2) is 8.10. The van der Waals surface area contributed by atoms with Gasteiger partial charge in [-0.15, -0.1) is 5.10 Å². The van der Waals surface area contributed by atoms with Crippen LogP contribution >= 0.6 is 0 Å². The zero-order valence-electron chi connectivity index (χ0n) is 16.5. The van der Waals surface area contributed by atoms with Gasteiger partial charge in [0.1, 0.15) is 0 Å². The Kier molecular flexibility index (Phi) is 6.96. The van der Waals surface area contributed by atoms with E-state index in [9.17, 15) is 4.79 Å². The Morgan fingerprint density at radius 3 is 2.38 bits per heavy atom. The molecule has 6 heteroatoms. The summed E-state index contributed by atoms with van der Waals surface area (Å²) >= 11 is 0. The van der Waals surface area contributed by atoms with Crippen LogP contribution < -0.4 is 5.32 Å². The Labute approximate surface area is 146 Å². The molecule has 0 aliphatic heterocycles. The Balaban J connectivity index is 2.51. The summed E-state index contributed by atoms with van der Waals surface area (Å²) in [5.74, 6) is 0.398. The van der Waals surface area contributed by atoms with Gasteiger partial charge in [0.05, 0.1) is 23.3 Å². The number of carbonyl (C=O) groups excluding carboxylic acids is 1. The smallest absolute Gasteiger partial charge is 0.228 e. The average molecular weight is 338 g/mol. The van der Waals surface area contributed by atoms with Crippen LogP contribution in [0.3, 0.4) is 0 Å². The minimum absolute atomic E-state index is 0.0196. The Morgan fingerprint density at radius 1 is 1.25 bits per heavy atom. The molecule has 0 aliphatic rings. The highest BCUT2D eigenvalue weighted by Crippen LogP contribution is 2.23. The fraction of sp³-hybridized carbons (Fsp3) is 0.833. The summed E-state index contributed by atoms with van der Waals surface area (Å²) in [6.07, 6.45) is 2.79. The number of nitrogens with zero attached hydrogens (tertiary/aromatic N) is 3. The molecule has 0 atom stereocenters. The van der Waals surface area contributed by atoms with Crippen LogP contribution in [0, 0.1) is 5.41 Å². The lowest BCUT2D eigenvalue weighted by Gasteiger charge is -2.31. The summed E-state index contributed by atoms with van der Waals surface area (Å²) in [5, 5.41) is 11.3. The van der Waals surface area contributed by atoms with Crippen LogP contribution in [0.4, 0.5) is 0 Å². The third kappa shape index (κ3) is 6.59. The molecule has 6 nitrogen and oxygen atoms in total. The van der Waals surface area contributed by atoms with Gasteiger partial charge in [-0.3, -0.25) is 9.48 Å². The van der Waals surface area contributed by atoms with E-state index in [0.29, 0.717) is 12.5 Å². The second-order valence-electron chi connectivity index (χ2n) is 8.37. The lowest BCUT2D eigenvalue weighted by molar-refractivity contribution is -0.137. The van der Waals surface area contributed by atoms with E-state index in [4.69, 9.17) is 4.74 Å². The monoisotopic (exact) mass is 338 g/mol. The average Bonchev–Trinajstić information content (AvgIpc) is 2.92. The number of carbonyl (C=O) groups is 1. The van der Waals surface area contributed by atoms with Crippen LogP contribution in [-0.2, 0) is 16.1 Å². The maximum Gasteiger partial charge on any atom is 0.228 e. The maximum atomic E-state index is 12.2. The molecule has 1 rings (SSSR count). The molecule has 0 unspecified atom stereocenters. The molecule has 0 bridgehead atoms. The first-order valence-electron chi connectivity index (χ1n) is 8.78. The molecule has 138 valence electrons. The molecule has 0 aliphatic carbocycles. The zero-order valence-corrected chi connectivity index (χ0v) is 16.5. The number of aromatic nitrogens is 3. The van der Waals surface area contributed by atoms with Crippen molar-refractivity contribution < 1.29 is 9.53 Å². The Hall–Kier alpha value is -1.43. The number of ether oxygens (including phenoxy) is 1. The van der Waals surface area contributed by atoms with Crippen molar-refractivity contribution in [3.05, 3.63) is 11.9 Å². The third-order valence-corrected chi connectivity index (χ3v) is 3.95.